The third-order valence-corrected chi connectivity index (χ3v) is 8.72. The Labute approximate surface area is 264 Å². The monoisotopic (exact) mass is 661 g/mol. The molecule has 2 amide bonds. The van der Waals surface area contributed by atoms with Crippen molar-refractivity contribution in [3.8, 4) is 0 Å². The molecular formula is C34H48BrNO7. The summed E-state index contributed by atoms with van der Waals surface area (Å²) in [5, 5.41) is 8.91. The number of aliphatic hydroxyl groups is 1. The molecule has 0 spiro atoms. The first-order valence-corrected chi connectivity index (χ1v) is 16.4. The number of hydrogen-bond donors (Lipinski definition) is 1. The van der Waals surface area contributed by atoms with Crippen LogP contribution in [-0.2, 0) is 31.9 Å². The van der Waals surface area contributed by atoms with Gasteiger partial charge in [-0.2, -0.15) is 0 Å². The second-order valence-electron chi connectivity index (χ2n) is 12.4. The van der Waals surface area contributed by atoms with Crippen molar-refractivity contribution in [3.63, 3.8) is 0 Å². The summed E-state index contributed by atoms with van der Waals surface area (Å²) >= 11 is 3.62. The lowest BCUT2D eigenvalue weighted by Gasteiger charge is -2.34. The highest BCUT2D eigenvalue weighted by Crippen LogP contribution is 2.40. The fraction of sp³-hybridized carbons (Fsp3) is 0.618. The topological polar surface area (TPSA) is 106 Å². The Bertz CT molecular complexity index is 1190. The van der Waals surface area contributed by atoms with Gasteiger partial charge >= 0.3 is 12.1 Å². The summed E-state index contributed by atoms with van der Waals surface area (Å²) in [5.41, 5.74) is 0.00301. The van der Waals surface area contributed by atoms with Gasteiger partial charge in [0.15, 0.2) is 6.10 Å². The SMILES string of the molecule is CC(=O)OC(c1cc(Br)c(CCCCCCCCCCO)o1)C(Cc1ccccc1)C(=O)N1C(=O)OC(C)(C)C1C(C)C. The lowest BCUT2D eigenvalue weighted by atomic mass is 9.86. The predicted molar refractivity (Wildman–Crippen MR) is 168 cm³/mol. The number of rotatable bonds is 17. The zero-order chi connectivity index (χ0) is 31.6. The molecule has 8 nitrogen and oxygen atoms in total. The minimum absolute atomic E-state index is 0.0557. The molecule has 43 heavy (non-hydrogen) atoms. The number of ether oxygens (including phenoxy) is 2. The van der Waals surface area contributed by atoms with Crippen LogP contribution >= 0.6 is 15.9 Å². The average molecular weight is 663 g/mol. The van der Waals surface area contributed by atoms with E-state index in [1.54, 1.807) is 6.07 Å². The maximum absolute atomic E-state index is 14.4. The quantitative estimate of drug-likeness (QED) is 0.135. The Hall–Kier alpha value is -2.65. The number of halogens is 1. The Balaban J connectivity index is 1.85. The molecule has 3 rings (SSSR count). The fourth-order valence-electron chi connectivity index (χ4n) is 6.17. The van der Waals surface area contributed by atoms with Gasteiger partial charge in [0.2, 0.25) is 5.91 Å². The van der Waals surface area contributed by atoms with E-state index < -0.39 is 41.6 Å². The number of hydrogen-bond acceptors (Lipinski definition) is 7. The van der Waals surface area contributed by atoms with Crippen LogP contribution < -0.4 is 0 Å². The number of carbonyl (C=O) groups excluding carboxylic acids is 3. The summed E-state index contributed by atoms with van der Waals surface area (Å²) in [6, 6.07) is 10.8. The van der Waals surface area contributed by atoms with E-state index in [-0.39, 0.29) is 18.9 Å². The normalized spacial score (nSPS) is 17.6. The van der Waals surface area contributed by atoms with E-state index in [1.165, 1.54) is 24.7 Å². The van der Waals surface area contributed by atoms with E-state index in [4.69, 9.17) is 19.0 Å². The first-order valence-electron chi connectivity index (χ1n) is 15.6. The second kappa shape index (κ2) is 16.4. The molecule has 9 heteroatoms. The van der Waals surface area contributed by atoms with Gasteiger partial charge in [0.1, 0.15) is 17.1 Å². The largest absolute Gasteiger partial charge is 0.461 e. The zero-order valence-electron chi connectivity index (χ0n) is 26.3. The van der Waals surface area contributed by atoms with Crippen LogP contribution in [0.1, 0.15) is 109 Å². The molecule has 1 N–H and O–H groups in total. The smallest absolute Gasteiger partial charge is 0.417 e. The number of furan rings is 1. The Kier molecular flexibility index (Phi) is 13.3. The number of cyclic esters (lactones) is 1. The van der Waals surface area contributed by atoms with Crippen molar-refractivity contribution in [2.75, 3.05) is 6.61 Å². The molecule has 1 fully saturated rings. The summed E-state index contributed by atoms with van der Waals surface area (Å²) in [6.07, 6.45) is 7.79. The van der Waals surface area contributed by atoms with E-state index in [1.807, 2.05) is 58.0 Å². The summed E-state index contributed by atoms with van der Waals surface area (Å²) in [7, 11) is 0. The molecule has 2 heterocycles. The molecule has 1 aromatic heterocycles. The van der Waals surface area contributed by atoms with Gasteiger partial charge < -0.3 is 19.0 Å². The number of aliphatic hydroxyl groups excluding tert-OH is 1. The number of benzene rings is 1. The molecule has 0 bridgehead atoms. The maximum Gasteiger partial charge on any atom is 0.417 e. The van der Waals surface area contributed by atoms with E-state index in [0.29, 0.717) is 12.2 Å². The average Bonchev–Trinajstić information content (AvgIpc) is 3.43. The highest BCUT2D eigenvalue weighted by Gasteiger charge is 2.54. The Morgan fingerprint density at radius 1 is 1.02 bits per heavy atom. The zero-order valence-corrected chi connectivity index (χ0v) is 27.9. The van der Waals surface area contributed by atoms with E-state index >= 15 is 0 Å². The van der Waals surface area contributed by atoms with Crippen molar-refractivity contribution in [2.24, 2.45) is 11.8 Å². The van der Waals surface area contributed by atoms with Crippen LogP contribution in [0.15, 0.2) is 45.3 Å². The first-order chi connectivity index (χ1) is 20.5. The number of aryl methyl sites for hydroxylation is 1. The first kappa shape index (κ1) is 34.8. The van der Waals surface area contributed by atoms with Gasteiger partial charge in [-0.25, -0.2) is 9.69 Å². The second-order valence-corrected chi connectivity index (χ2v) is 13.3. The van der Waals surface area contributed by atoms with E-state index in [0.717, 1.165) is 54.3 Å². The molecule has 0 radical (unpaired) electrons. The van der Waals surface area contributed by atoms with Gasteiger partial charge in [0, 0.05) is 20.0 Å². The molecule has 1 saturated heterocycles. The number of carbonyl (C=O) groups is 3. The lowest BCUT2D eigenvalue weighted by molar-refractivity contribution is -0.156. The van der Waals surface area contributed by atoms with Gasteiger partial charge in [-0.1, -0.05) is 82.7 Å². The molecule has 1 aromatic carbocycles. The van der Waals surface area contributed by atoms with Crippen molar-refractivity contribution >= 4 is 33.9 Å². The molecule has 1 aliphatic rings. The highest BCUT2D eigenvalue weighted by molar-refractivity contribution is 9.10. The molecular weight excluding hydrogens is 614 g/mol. The lowest BCUT2D eigenvalue weighted by Crippen LogP contribution is -2.51. The van der Waals surface area contributed by atoms with Gasteiger partial charge in [-0.3, -0.25) is 9.59 Å². The van der Waals surface area contributed by atoms with Gasteiger partial charge in [0.25, 0.3) is 0 Å². The summed E-state index contributed by atoms with van der Waals surface area (Å²) < 4.78 is 18.5. The van der Waals surface area contributed by atoms with Crippen LogP contribution in [0.3, 0.4) is 0 Å². The molecule has 3 unspecified atom stereocenters. The van der Waals surface area contributed by atoms with Crippen molar-refractivity contribution in [3.05, 3.63) is 58.0 Å². The Morgan fingerprint density at radius 3 is 2.21 bits per heavy atom. The van der Waals surface area contributed by atoms with Crippen molar-refractivity contribution < 1.29 is 33.4 Å². The van der Waals surface area contributed by atoms with Gasteiger partial charge in [0.05, 0.1) is 16.4 Å². The standard InChI is InChI=1S/C34H48BrNO7/c1-23(2)31-34(4,5)43-33(40)36(31)32(39)26(21-25-17-13-12-14-18-25)30(41-24(3)38)29-22-27(35)28(42-29)19-15-10-8-6-7-9-11-16-20-37/h12-14,17-18,22-23,26,30-31,37H,6-11,15-16,19-21H2,1-5H3. The number of imide groups is 1. The minimum Gasteiger partial charge on any atom is -0.461 e. The van der Waals surface area contributed by atoms with Gasteiger partial charge in [-0.05, 0) is 66.6 Å². The van der Waals surface area contributed by atoms with Crippen molar-refractivity contribution in [2.45, 2.75) is 117 Å². The number of nitrogens with zero attached hydrogens (tertiary/aromatic N) is 1. The van der Waals surface area contributed by atoms with Crippen LogP contribution in [0.5, 0.6) is 0 Å². The van der Waals surface area contributed by atoms with Gasteiger partial charge in [-0.15, -0.1) is 0 Å². The minimum atomic E-state index is -1.04. The van der Waals surface area contributed by atoms with Crippen molar-refractivity contribution in [1.29, 1.82) is 0 Å². The third kappa shape index (κ3) is 9.67. The van der Waals surface area contributed by atoms with E-state index in [9.17, 15) is 14.4 Å². The maximum atomic E-state index is 14.4. The molecule has 3 atom stereocenters. The van der Waals surface area contributed by atoms with Crippen LogP contribution in [0.25, 0.3) is 0 Å². The highest BCUT2D eigenvalue weighted by atomic mass is 79.9. The van der Waals surface area contributed by atoms with Crippen LogP contribution in [0.4, 0.5) is 4.79 Å². The fourth-order valence-corrected chi connectivity index (χ4v) is 6.67. The Morgan fingerprint density at radius 2 is 1.63 bits per heavy atom. The molecule has 238 valence electrons. The predicted octanol–water partition coefficient (Wildman–Crippen LogP) is 7.94. The molecule has 0 aliphatic carbocycles. The summed E-state index contributed by atoms with van der Waals surface area (Å²) in [4.78, 5) is 41.1. The molecule has 1 aliphatic heterocycles. The number of amides is 2. The third-order valence-electron chi connectivity index (χ3n) is 8.05. The van der Waals surface area contributed by atoms with Crippen LogP contribution in [0, 0.1) is 11.8 Å². The summed E-state index contributed by atoms with van der Waals surface area (Å²) in [5.74, 6) is -0.886. The molecule has 2 aromatic rings. The van der Waals surface area contributed by atoms with Crippen LogP contribution in [-0.4, -0.2) is 46.2 Å². The van der Waals surface area contributed by atoms with Crippen molar-refractivity contribution in [1.82, 2.24) is 4.90 Å². The van der Waals surface area contributed by atoms with E-state index in [2.05, 4.69) is 15.9 Å². The molecule has 0 saturated carbocycles. The number of esters is 1. The van der Waals surface area contributed by atoms with Crippen LogP contribution in [0.2, 0.25) is 0 Å². The number of unbranched alkanes of at least 4 members (excludes halogenated alkanes) is 7. The summed E-state index contributed by atoms with van der Waals surface area (Å²) in [6.45, 7) is 9.11.